The van der Waals surface area contributed by atoms with Crippen molar-refractivity contribution >= 4 is 23.0 Å². The lowest BCUT2D eigenvalue weighted by Crippen LogP contribution is -2.17. The molecule has 0 spiro atoms. The zero-order valence-electron chi connectivity index (χ0n) is 14.4. The Kier molecular flexibility index (Phi) is 3.84. The third-order valence-electron chi connectivity index (χ3n) is 4.77. The molecular formula is C22H15ClN4. The van der Waals surface area contributed by atoms with Gasteiger partial charge in [0, 0.05) is 40.7 Å². The summed E-state index contributed by atoms with van der Waals surface area (Å²) >= 11 is 6.22. The summed E-state index contributed by atoms with van der Waals surface area (Å²) < 4.78 is 0. The summed E-state index contributed by atoms with van der Waals surface area (Å²) in [6, 6.07) is 18.3. The first-order chi connectivity index (χ1) is 13.3. The number of hydrogen-bond acceptors (Lipinski definition) is 4. The number of hydrogen-bond donors (Lipinski definition) is 0. The lowest BCUT2D eigenvalue weighted by molar-refractivity contribution is 0.973. The normalized spacial score (nSPS) is 12.0. The van der Waals surface area contributed by atoms with Gasteiger partial charge in [0.05, 0.1) is 23.3 Å². The summed E-state index contributed by atoms with van der Waals surface area (Å²) in [6.07, 6.45) is 7.19. The Morgan fingerprint density at radius 3 is 2.67 bits per heavy atom. The fourth-order valence-electron chi connectivity index (χ4n) is 3.60. The third-order valence-corrected chi connectivity index (χ3v) is 5.01. The van der Waals surface area contributed by atoms with Gasteiger partial charge in [-0.25, -0.2) is 9.97 Å². The molecule has 5 heteroatoms. The molecule has 0 atom stereocenters. The fourth-order valence-corrected chi connectivity index (χ4v) is 3.81. The van der Waals surface area contributed by atoms with Crippen LogP contribution in [0, 0.1) is 0 Å². The predicted octanol–water partition coefficient (Wildman–Crippen LogP) is 5.51. The number of benzene rings is 2. The van der Waals surface area contributed by atoms with Crippen LogP contribution >= 0.6 is 11.6 Å². The molecule has 1 aliphatic rings. The van der Waals surface area contributed by atoms with Crippen LogP contribution in [0.3, 0.4) is 0 Å². The summed E-state index contributed by atoms with van der Waals surface area (Å²) in [5.74, 6) is 0. The van der Waals surface area contributed by atoms with E-state index in [1.54, 1.807) is 6.33 Å². The minimum absolute atomic E-state index is 0.678. The van der Waals surface area contributed by atoms with Crippen molar-refractivity contribution in [3.05, 3.63) is 90.1 Å². The second kappa shape index (κ2) is 6.49. The Labute approximate surface area is 162 Å². The van der Waals surface area contributed by atoms with Gasteiger partial charge in [-0.05, 0) is 29.8 Å². The molecule has 27 heavy (non-hydrogen) atoms. The number of fused-ring (bicyclic) bond motifs is 5. The molecule has 4 nitrogen and oxygen atoms in total. The number of nitrogens with zero attached hydrogens (tertiary/aromatic N) is 4. The predicted molar refractivity (Wildman–Crippen MR) is 108 cm³/mol. The molecule has 0 fully saturated rings. The number of aromatic nitrogens is 3. The van der Waals surface area contributed by atoms with Crippen molar-refractivity contribution in [3.63, 3.8) is 0 Å². The maximum Gasteiger partial charge on any atom is 0.116 e. The van der Waals surface area contributed by atoms with Gasteiger partial charge in [-0.2, -0.15) is 0 Å². The second-order valence-electron chi connectivity index (χ2n) is 6.41. The average Bonchev–Trinajstić information content (AvgIpc) is 2.83. The molecule has 5 rings (SSSR count). The van der Waals surface area contributed by atoms with Crippen LogP contribution in [-0.2, 0) is 6.54 Å². The Hall–Kier alpha value is -3.24. The maximum atomic E-state index is 6.22. The van der Waals surface area contributed by atoms with Crippen LogP contribution in [0.15, 0.2) is 79.5 Å². The van der Waals surface area contributed by atoms with Crippen molar-refractivity contribution in [2.75, 3.05) is 4.90 Å². The number of para-hydroxylation sites is 1. The summed E-state index contributed by atoms with van der Waals surface area (Å²) in [6.45, 7) is 0.678. The van der Waals surface area contributed by atoms with Crippen LogP contribution in [0.4, 0.5) is 11.4 Å². The first kappa shape index (κ1) is 16.0. The van der Waals surface area contributed by atoms with Gasteiger partial charge in [0.1, 0.15) is 6.33 Å². The van der Waals surface area contributed by atoms with Crippen LogP contribution in [0.5, 0.6) is 0 Å². The number of anilines is 2. The number of halogens is 1. The molecular weight excluding hydrogens is 356 g/mol. The Morgan fingerprint density at radius 1 is 0.815 bits per heavy atom. The van der Waals surface area contributed by atoms with E-state index in [0.29, 0.717) is 6.54 Å². The number of rotatable bonds is 2. The monoisotopic (exact) mass is 370 g/mol. The van der Waals surface area contributed by atoms with Crippen LogP contribution in [0.2, 0.25) is 5.02 Å². The SMILES string of the molecule is Clc1cccc(CN2c3cnccc3-c3cncnc3-c3ccccc32)c1. The summed E-state index contributed by atoms with van der Waals surface area (Å²) in [4.78, 5) is 15.5. The van der Waals surface area contributed by atoms with Crippen molar-refractivity contribution in [2.24, 2.45) is 0 Å². The molecule has 0 N–H and O–H groups in total. The Morgan fingerprint density at radius 2 is 1.74 bits per heavy atom. The smallest absolute Gasteiger partial charge is 0.116 e. The highest BCUT2D eigenvalue weighted by Gasteiger charge is 2.25. The first-order valence-electron chi connectivity index (χ1n) is 8.67. The molecule has 0 saturated carbocycles. The Bertz CT molecular complexity index is 1080. The highest BCUT2D eigenvalue weighted by Crippen LogP contribution is 2.46. The average molecular weight is 371 g/mol. The molecule has 130 valence electrons. The van der Waals surface area contributed by atoms with Crippen molar-refractivity contribution < 1.29 is 0 Å². The van der Waals surface area contributed by atoms with Gasteiger partial charge in [-0.15, -0.1) is 0 Å². The van der Waals surface area contributed by atoms with Gasteiger partial charge in [-0.3, -0.25) is 4.98 Å². The molecule has 0 amide bonds. The second-order valence-corrected chi connectivity index (χ2v) is 6.85. The molecule has 2 aromatic heterocycles. The van der Waals surface area contributed by atoms with Crippen LogP contribution < -0.4 is 4.90 Å². The standard InChI is InChI=1S/C22H15ClN4/c23-16-5-3-4-15(10-16)13-27-20-7-2-1-6-18(20)22-19(11-25-14-26-22)17-8-9-24-12-21(17)27/h1-12,14H,13H2. The molecule has 2 aromatic carbocycles. The van der Waals surface area contributed by atoms with Gasteiger partial charge in [0.15, 0.2) is 0 Å². The van der Waals surface area contributed by atoms with E-state index in [1.807, 2.05) is 55.0 Å². The summed E-state index contributed by atoms with van der Waals surface area (Å²) in [5, 5.41) is 0.733. The van der Waals surface area contributed by atoms with E-state index in [4.69, 9.17) is 11.6 Å². The first-order valence-corrected chi connectivity index (χ1v) is 9.05. The topological polar surface area (TPSA) is 41.9 Å². The molecule has 0 radical (unpaired) electrons. The molecule has 0 aliphatic carbocycles. The quantitative estimate of drug-likeness (QED) is 0.466. The van der Waals surface area contributed by atoms with Gasteiger partial charge in [-0.1, -0.05) is 41.9 Å². The van der Waals surface area contributed by atoms with Crippen molar-refractivity contribution in [1.82, 2.24) is 15.0 Å². The van der Waals surface area contributed by atoms with Crippen LogP contribution in [-0.4, -0.2) is 15.0 Å². The van der Waals surface area contributed by atoms with Gasteiger partial charge in [0.2, 0.25) is 0 Å². The lowest BCUT2D eigenvalue weighted by atomic mass is 10.0. The van der Waals surface area contributed by atoms with Gasteiger partial charge >= 0.3 is 0 Å². The van der Waals surface area contributed by atoms with E-state index in [9.17, 15) is 0 Å². The van der Waals surface area contributed by atoms with E-state index in [1.165, 1.54) is 0 Å². The van der Waals surface area contributed by atoms with Crippen molar-refractivity contribution in [3.8, 4) is 22.4 Å². The molecule has 0 bridgehead atoms. The van der Waals surface area contributed by atoms with Crippen LogP contribution in [0.1, 0.15) is 5.56 Å². The fraction of sp³-hybridized carbons (Fsp3) is 0.0455. The van der Waals surface area contributed by atoms with E-state index in [2.05, 4.69) is 38.1 Å². The Balaban J connectivity index is 1.78. The van der Waals surface area contributed by atoms with Crippen molar-refractivity contribution in [1.29, 1.82) is 0 Å². The zero-order chi connectivity index (χ0) is 18.2. The highest BCUT2D eigenvalue weighted by atomic mass is 35.5. The van der Waals surface area contributed by atoms with Crippen LogP contribution in [0.25, 0.3) is 22.4 Å². The van der Waals surface area contributed by atoms with Gasteiger partial charge in [0.25, 0.3) is 0 Å². The summed E-state index contributed by atoms with van der Waals surface area (Å²) in [7, 11) is 0. The summed E-state index contributed by atoms with van der Waals surface area (Å²) in [5.41, 5.74) is 7.33. The van der Waals surface area contributed by atoms with E-state index >= 15 is 0 Å². The maximum absolute atomic E-state index is 6.22. The minimum atomic E-state index is 0.678. The largest absolute Gasteiger partial charge is 0.335 e. The molecule has 4 aromatic rings. The lowest BCUT2D eigenvalue weighted by Gasteiger charge is -2.26. The molecule has 3 heterocycles. The zero-order valence-corrected chi connectivity index (χ0v) is 15.1. The van der Waals surface area contributed by atoms with E-state index in [-0.39, 0.29) is 0 Å². The van der Waals surface area contributed by atoms with Crippen molar-refractivity contribution in [2.45, 2.75) is 6.54 Å². The van der Waals surface area contributed by atoms with E-state index < -0.39 is 0 Å². The molecule has 0 saturated heterocycles. The molecule has 0 unspecified atom stereocenters. The third kappa shape index (κ3) is 2.75. The number of pyridine rings is 1. The minimum Gasteiger partial charge on any atom is -0.335 e. The molecule has 1 aliphatic heterocycles. The van der Waals surface area contributed by atoms with E-state index in [0.717, 1.165) is 44.3 Å². The highest BCUT2D eigenvalue weighted by molar-refractivity contribution is 6.30. The van der Waals surface area contributed by atoms with Gasteiger partial charge < -0.3 is 4.90 Å².